The highest BCUT2D eigenvalue weighted by Gasteiger charge is 2.31. The standard InChI is InChI=1S/C17H24N2O3/c1-18-12-17(21)5-8-19(9-6-17)7-4-13-11-22-16-3-2-14(20)10-15(13)16/h2-3,10-11,18,20-21H,4-9,12H2,1H3. The quantitative estimate of drug-likeness (QED) is 0.785. The van der Waals surface area contributed by atoms with Crippen LogP contribution in [0.5, 0.6) is 5.75 Å². The third-order valence-electron chi connectivity index (χ3n) is 4.63. The van der Waals surface area contributed by atoms with Gasteiger partial charge in [-0.1, -0.05) is 0 Å². The van der Waals surface area contributed by atoms with Crippen LogP contribution in [0.25, 0.3) is 11.0 Å². The van der Waals surface area contributed by atoms with E-state index in [1.165, 1.54) is 0 Å². The van der Waals surface area contributed by atoms with Crippen molar-refractivity contribution in [2.45, 2.75) is 24.9 Å². The van der Waals surface area contributed by atoms with Gasteiger partial charge < -0.3 is 24.8 Å². The number of aliphatic hydroxyl groups is 1. The smallest absolute Gasteiger partial charge is 0.134 e. The Morgan fingerprint density at radius 2 is 2.09 bits per heavy atom. The zero-order valence-electron chi connectivity index (χ0n) is 13.0. The number of phenolic OH excluding ortho intramolecular Hbond substituents is 1. The molecule has 1 aromatic heterocycles. The summed E-state index contributed by atoms with van der Waals surface area (Å²) in [5.41, 5.74) is 1.39. The molecule has 3 rings (SSSR count). The number of nitrogens with zero attached hydrogens (tertiary/aromatic N) is 1. The summed E-state index contributed by atoms with van der Waals surface area (Å²) in [4.78, 5) is 2.38. The van der Waals surface area contributed by atoms with Crippen LogP contribution in [0, 0.1) is 0 Å². The van der Waals surface area contributed by atoms with E-state index in [2.05, 4.69) is 10.2 Å². The Hall–Kier alpha value is -1.56. The van der Waals surface area contributed by atoms with Crippen LogP contribution in [0.1, 0.15) is 18.4 Å². The number of likely N-dealkylation sites (N-methyl/N-ethyl adjacent to an activating group) is 1. The molecule has 0 spiro atoms. The van der Waals surface area contributed by atoms with Gasteiger partial charge in [-0.2, -0.15) is 0 Å². The van der Waals surface area contributed by atoms with E-state index in [9.17, 15) is 10.2 Å². The van der Waals surface area contributed by atoms with Crippen molar-refractivity contribution in [3.05, 3.63) is 30.0 Å². The maximum atomic E-state index is 10.4. The van der Waals surface area contributed by atoms with Gasteiger partial charge in [-0.3, -0.25) is 0 Å². The average Bonchev–Trinajstić information content (AvgIpc) is 2.89. The molecule has 0 saturated carbocycles. The second kappa shape index (κ2) is 6.28. The fraction of sp³-hybridized carbons (Fsp3) is 0.529. The number of fused-ring (bicyclic) bond motifs is 1. The zero-order valence-corrected chi connectivity index (χ0v) is 13.0. The van der Waals surface area contributed by atoms with Gasteiger partial charge in [0.2, 0.25) is 0 Å². The third kappa shape index (κ3) is 3.27. The summed E-state index contributed by atoms with van der Waals surface area (Å²) in [6, 6.07) is 5.20. The van der Waals surface area contributed by atoms with Crippen molar-refractivity contribution in [2.75, 3.05) is 33.2 Å². The normalized spacial score (nSPS) is 18.8. The predicted octanol–water partition coefficient (Wildman–Crippen LogP) is 1.73. The van der Waals surface area contributed by atoms with Gasteiger partial charge in [-0.25, -0.2) is 0 Å². The minimum atomic E-state index is -0.556. The topological polar surface area (TPSA) is 68.9 Å². The number of piperidine rings is 1. The number of benzene rings is 1. The fourth-order valence-corrected chi connectivity index (χ4v) is 3.24. The number of hydrogen-bond donors (Lipinski definition) is 3. The lowest BCUT2D eigenvalue weighted by molar-refractivity contribution is -0.0182. The maximum Gasteiger partial charge on any atom is 0.134 e. The first-order valence-corrected chi connectivity index (χ1v) is 7.88. The number of likely N-dealkylation sites (tertiary alicyclic amines) is 1. The molecule has 0 atom stereocenters. The number of hydrogen-bond acceptors (Lipinski definition) is 5. The molecule has 0 bridgehead atoms. The number of rotatable bonds is 5. The number of phenols is 1. The van der Waals surface area contributed by atoms with Crippen LogP contribution in [0.15, 0.2) is 28.9 Å². The Labute approximate surface area is 130 Å². The highest BCUT2D eigenvalue weighted by Crippen LogP contribution is 2.26. The van der Waals surface area contributed by atoms with Gasteiger partial charge in [0.05, 0.1) is 11.9 Å². The van der Waals surface area contributed by atoms with Gasteiger partial charge in [0, 0.05) is 31.6 Å². The number of nitrogens with one attached hydrogen (secondary N) is 1. The van der Waals surface area contributed by atoms with Gasteiger partial charge in [0.15, 0.2) is 0 Å². The Bertz CT molecular complexity index is 630. The van der Waals surface area contributed by atoms with E-state index in [1.54, 1.807) is 24.5 Å². The molecule has 1 saturated heterocycles. The second-order valence-electron chi connectivity index (χ2n) is 6.29. The summed E-state index contributed by atoms with van der Waals surface area (Å²) in [6.07, 6.45) is 4.29. The van der Waals surface area contributed by atoms with Crippen molar-refractivity contribution >= 4 is 11.0 Å². The molecule has 2 heterocycles. The Balaban J connectivity index is 1.58. The Kier molecular flexibility index (Phi) is 4.38. The van der Waals surface area contributed by atoms with Gasteiger partial charge in [0.25, 0.3) is 0 Å². The van der Waals surface area contributed by atoms with Crippen molar-refractivity contribution in [3.63, 3.8) is 0 Å². The molecule has 1 aromatic carbocycles. The fourth-order valence-electron chi connectivity index (χ4n) is 3.24. The lowest BCUT2D eigenvalue weighted by Crippen LogP contribution is -2.49. The number of aromatic hydroxyl groups is 1. The van der Waals surface area contributed by atoms with E-state index < -0.39 is 5.60 Å². The zero-order chi connectivity index (χ0) is 15.6. The van der Waals surface area contributed by atoms with Crippen molar-refractivity contribution in [3.8, 4) is 5.75 Å². The molecule has 0 radical (unpaired) electrons. The van der Waals surface area contributed by atoms with Gasteiger partial charge in [-0.15, -0.1) is 0 Å². The highest BCUT2D eigenvalue weighted by atomic mass is 16.3. The van der Waals surface area contributed by atoms with Crippen LogP contribution >= 0.6 is 0 Å². The van der Waals surface area contributed by atoms with E-state index in [-0.39, 0.29) is 5.75 Å². The maximum absolute atomic E-state index is 10.4. The summed E-state index contributed by atoms with van der Waals surface area (Å²) in [6.45, 7) is 3.44. The molecular weight excluding hydrogens is 280 g/mol. The molecule has 22 heavy (non-hydrogen) atoms. The average molecular weight is 304 g/mol. The highest BCUT2D eigenvalue weighted by molar-refractivity contribution is 5.82. The second-order valence-corrected chi connectivity index (χ2v) is 6.29. The molecule has 1 aliphatic rings. The minimum absolute atomic E-state index is 0.269. The van der Waals surface area contributed by atoms with Crippen LogP contribution in [0.4, 0.5) is 0 Å². The van der Waals surface area contributed by atoms with Crippen molar-refractivity contribution < 1.29 is 14.6 Å². The van der Waals surface area contributed by atoms with Crippen LogP contribution in [0.2, 0.25) is 0 Å². The van der Waals surface area contributed by atoms with Crippen LogP contribution < -0.4 is 5.32 Å². The van der Waals surface area contributed by atoms with E-state index in [0.29, 0.717) is 6.54 Å². The predicted molar refractivity (Wildman–Crippen MR) is 86.1 cm³/mol. The van der Waals surface area contributed by atoms with Crippen LogP contribution in [-0.2, 0) is 6.42 Å². The van der Waals surface area contributed by atoms with Gasteiger partial charge >= 0.3 is 0 Å². The molecular formula is C17H24N2O3. The largest absolute Gasteiger partial charge is 0.508 e. The summed E-state index contributed by atoms with van der Waals surface area (Å²) in [5, 5.41) is 24.1. The van der Waals surface area contributed by atoms with Crippen molar-refractivity contribution in [1.82, 2.24) is 10.2 Å². The van der Waals surface area contributed by atoms with Crippen LogP contribution in [-0.4, -0.2) is 53.9 Å². The summed E-state index contributed by atoms with van der Waals surface area (Å²) in [5.74, 6) is 0.269. The summed E-state index contributed by atoms with van der Waals surface area (Å²) >= 11 is 0. The molecule has 2 aromatic rings. The first-order valence-electron chi connectivity index (χ1n) is 7.88. The molecule has 1 fully saturated rings. The first-order chi connectivity index (χ1) is 10.6. The molecule has 120 valence electrons. The first kappa shape index (κ1) is 15.3. The Morgan fingerprint density at radius 3 is 2.82 bits per heavy atom. The minimum Gasteiger partial charge on any atom is -0.508 e. The van der Waals surface area contributed by atoms with Gasteiger partial charge in [0.1, 0.15) is 11.3 Å². The van der Waals surface area contributed by atoms with Gasteiger partial charge in [-0.05, 0) is 50.1 Å². The van der Waals surface area contributed by atoms with E-state index in [4.69, 9.17) is 4.42 Å². The Morgan fingerprint density at radius 1 is 1.32 bits per heavy atom. The molecule has 0 amide bonds. The third-order valence-corrected chi connectivity index (χ3v) is 4.63. The molecule has 5 heteroatoms. The lowest BCUT2D eigenvalue weighted by atomic mass is 9.91. The van der Waals surface area contributed by atoms with Crippen LogP contribution in [0.3, 0.4) is 0 Å². The van der Waals surface area contributed by atoms with E-state index in [1.807, 2.05) is 7.05 Å². The lowest BCUT2D eigenvalue weighted by Gasteiger charge is -2.38. The molecule has 5 nitrogen and oxygen atoms in total. The van der Waals surface area contributed by atoms with E-state index >= 15 is 0 Å². The molecule has 1 aliphatic heterocycles. The van der Waals surface area contributed by atoms with Crippen molar-refractivity contribution in [2.24, 2.45) is 0 Å². The molecule has 0 unspecified atom stereocenters. The molecule has 0 aliphatic carbocycles. The summed E-state index contributed by atoms with van der Waals surface area (Å²) in [7, 11) is 1.88. The monoisotopic (exact) mass is 304 g/mol. The number of furan rings is 1. The SMILES string of the molecule is CNCC1(O)CCN(CCc2coc3ccc(O)cc23)CC1. The van der Waals surface area contributed by atoms with E-state index in [0.717, 1.165) is 55.4 Å². The van der Waals surface area contributed by atoms with Crippen molar-refractivity contribution in [1.29, 1.82) is 0 Å². The summed E-state index contributed by atoms with van der Waals surface area (Å²) < 4.78 is 5.53. The molecule has 3 N–H and O–H groups in total.